The van der Waals surface area contributed by atoms with E-state index >= 15 is 0 Å². The predicted octanol–water partition coefficient (Wildman–Crippen LogP) is 3.14. The Balaban J connectivity index is 1.97. The van der Waals surface area contributed by atoms with Crippen molar-refractivity contribution in [2.45, 2.75) is 32.7 Å². The van der Waals surface area contributed by atoms with Crippen molar-refractivity contribution in [2.75, 3.05) is 12.3 Å². The first-order valence-electron chi connectivity index (χ1n) is 7.01. The third-order valence-electron chi connectivity index (χ3n) is 4.10. The SMILES string of the molecule is CC1CCC(C)N(C(=O)c2sc3cnccc3c2N)C1. The van der Waals surface area contributed by atoms with Crippen LogP contribution in [-0.2, 0) is 0 Å². The number of rotatable bonds is 1. The maximum atomic E-state index is 12.8. The fraction of sp³-hybridized carbons (Fsp3) is 0.467. The Morgan fingerprint density at radius 2 is 2.25 bits per heavy atom. The van der Waals surface area contributed by atoms with E-state index in [2.05, 4.69) is 18.8 Å². The van der Waals surface area contributed by atoms with Gasteiger partial charge in [0.1, 0.15) is 4.88 Å². The van der Waals surface area contributed by atoms with Gasteiger partial charge in [-0.25, -0.2) is 0 Å². The fourth-order valence-electron chi connectivity index (χ4n) is 2.83. The summed E-state index contributed by atoms with van der Waals surface area (Å²) < 4.78 is 0.978. The molecule has 0 spiro atoms. The molecule has 1 aliphatic heterocycles. The van der Waals surface area contributed by atoms with E-state index in [9.17, 15) is 4.79 Å². The van der Waals surface area contributed by atoms with Crippen LogP contribution in [0.2, 0.25) is 0 Å². The third-order valence-corrected chi connectivity index (χ3v) is 5.25. The molecule has 1 fully saturated rings. The number of anilines is 1. The molecule has 0 aromatic carbocycles. The summed E-state index contributed by atoms with van der Waals surface area (Å²) in [4.78, 5) is 19.5. The number of nitrogen functional groups attached to an aromatic ring is 1. The van der Waals surface area contributed by atoms with E-state index in [0.29, 0.717) is 22.5 Å². The first-order valence-corrected chi connectivity index (χ1v) is 7.82. The molecule has 2 aromatic heterocycles. The van der Waals surface area contributed by atoms with E-state index in [1.54, 1.807) is 12.4 Å². The van der Waals surface area contributed by atoms with Crippen molar-refractivity contribution in [3.8, 4) is 0 Å². The molecule has 3 heterocycles. The Morgan fingerprint density at radius 3 is 3.00 bits per heavy atom. The van der Waals surface area contributed by atoms with Gasteiger partial charge in [0.2, 0.25) is 0 Å². The molecule has 0 radical (unpaired) electrons. The van der Waals surface area contributed by atoms with Gasteiger partial charge >= 0.3 is 0 Å². The lowest BCUT2D eigenvalue weighted by molar-refractivity contribution is 0.0580. The third kappa shape index (κ3) is 2.16. The van der Waals surface area contributed by atoms with E-state index in [1.165, 1.54) is 17.8 Å². The summed E-state index contributed by atoms with van der Waals surface area (Å²) in [5, 5.41) is 0.936. The van der Waals surface area contributed by atoms with Gasteiger partial charge in [-0.05, 0) is 31.7 Å². The molecular weight excluding hydrogens is 270 g/mol. The quantitative estimate of drug-likeness (QED) is 0.877. The smallest absolute Gasteiger partial charge is 0.266 e. The molecule has 3 rings (SSSR count). The fourth-order valence-corrected chi connectivity index (χ4v) is 3.88. The van der Waals surface area contributed by atoms with Crippen LogP contribution in [0.4, 0.5) is 5.69 Å². The molecule has 1 saturated heterocycles. The Labute approximate surface area is 122 Å². The van der Waals surface area contributed by atoms with Crippen molar-refractivity contribution in [1.29, 1.82) is 0 Å². The summed E-state index contributed by atoms with van der Waals surface area (Å²) in [6.45, 7) is 5.14. The van der Waals surface area contributed by atoms with Crippen molar-refractivity contribution < 1.29 is 4.79 Å². The second-order valence-electron chi connectivity index (χ2n) is 5.71. The van der Waals surface area contributed by atoms with Crippen LogP contribution < -0.4 is 5.73 Å². The number of carbonyl (C=O) groups is 1. The molecule has 5 heteroatoms. The number of aromatic nitrogens is 1. The van der Waals surface area contributed by atoms with Crippen LogP contribution in [0.3, 0.4) is 0 Å². The van der Waals surface area contributed by atoms with Gasteiger partial charge in [-0.15, -0.1) is 11.3 Å². The highest BCUT2D eigenvalue weighted by Gasteiger charge is 2.30. The van der Waals surface area contributed by atoms with Crippen LogP contribution in [0.1, 0.15) is 36.4 Å². The second-order valence-corrected chi connectivity index (χ2v) is 6.76. The van der Waals surface area contributed by atoms with Crippen LogP contribution in [0, 0.1) is 5.92 Å². The van der Waals surface area contributed by atoms with E-state index in [0.717, 1.165) is 23.1 Å². The Bertz CT molecular complexity index is 652. The standard InChI is InChI=1S/C15H19N3OS/c1-9-3-4-10(2)18(8-9)15(19)14-13(16)11-5-6-17-7-12(11)20-14/h5-7,9-10H,3-4,8,16H2,1-2H3. The van der Waals surface area contributed by atoms with E-state index in [4.69, 9.17) is 5.73 Å². The van der Waals surface area contributed by atoms with Crippen LogP contribution in [0.15, 0.2) is 18.5 Å². The molecular formula is C15H19N3OS. The van der Waals surface area contributed by atoms with Crippen LogP contribution in [0.25, 0.3) is 10.1 Å². The van der Waals surface area contributed by atoms with E-state index < -0.39 is 0 Å². The normalized spacial score (nSPS) is 23.2. The number of amides is 1. The molecule has 106 valence electrons. The molecule has 0 bridgehead atoms. The minimum Gasteiger partial charge on any atom is -0.397 e. The maximum absolute atomic E-state index is 12.8. The molecule has 2 unspecified atom stereocenters. The number of thiophene rings is 1. The zero-order valence-electron chi connectivity index (χ0n) is 11.8. The molecule has 2 atom stereocenters. The second kappa shape index (κ2) is 5.05. The highest BCUT2D eigenvalue weighted by Crippen LogP contribution is 2.35. The van der Waals surface area contributed by atoms with Crippen LogP contribution in [0.5, 0.6) is 0 Å². The first kappa shape index (κ1) is 13.4. The summed E-state index contributed by atoms with van der Waals surface area (Å²) in [6, 6.07) is 2.17. The van der Waals surface area contributed by atoms with Crippen molar-refractivity contribution in [3.63, 3.8) is 0 Å². The Morgan fingerprint density at radius 1 is 1.45 bits per heavy atom. The molecule has 20 heavy (non-hydrogen) atoms. The highest BCUT2D eigenvalue weighted by atomic mass is 32.1. The topological polar surface area (TPSA) is 59.2 Å². The van der Waals surface area contributed by atoms with Gasteiger partial charge in [0, 0.05) is 30.4 Å². The highest BCUT2D eigenvalue weighted by molar-refractivity contribution is 7.21. The number of likely N-dealkylation sites (tertiary alicyclic amines) is 1. The van der Waals surface area contributed by atoms with Gasteiger partial charge in [-0.1, -0.05) is 6.92 Å². The number of nitrogens with zero attached hydrogens (tertiary/aromatic N) is 2. The van der Waals surface area contributed by atoms with Gasteiger partial charge < -0.3 is 10.6 Å². The lowest BCUT2D eigenvalue weighted by atomic mass is 9.95. The van der Waals surface area contributed by atoms with E-state index in [1.807, 2.05) is 11.0 Å². The van der Waals surface area contributed by atoms with Crippen LogP contribution >= 0.6 is 11.3 Å². The number of hydrogen-bond donors (Lipinski definition) is 1. The van der Waals surface area contributed by atoms with Gasteiger partial charge in [0.15, 0.2) is 0 Å². The first-order chi connectivity index (χ1) is 9.58. The average molecular weight is 289 g/mol. The maximum Gasteiger partial charge on any atom is 0.266 e. The number of fused-ring (bicyclic) bond motifs is 1. The summed E-state index contributed by atoms with van der Waals surface area (Å²) >= 11 is 1.45. The van der Waals surface area contributed by atoms with Crippen molar-refractivity contribution in [3.05, 3.63) is 23.3 Å². The van der Waals surface area contributed by atoms with E-state index in [-0.39, 0.29) is 5.91 Å². The van der Waals surface area contributed by atoms with Gasteiger partial charge in [-0.2, -0.15) is 0 Å². The minimum atomic E-state index is 0.0720. The molecule has 2 aromatic rings. The minimum absolute atomic E-state index is 0.0720. The number of nitrogens with two attached hydrogens (primary N) is 1. The Kier molecular flexibility index (Phi) is 3.38. The Hall–Kier alpha value is -1.62. The summed E-state index contributed by atoms with van der Waals surface area (Å²) in [5.74, 6) is 0.634. The molecule has 1 aliphatic rings. The molecule has 4 nitrogen and oxygen atoms in total. The monoisotopic (exact) mass is 289 g/mol. The zero-order chi connectivity index (χ0) is 14.3. The molecule has 1 amide bonds. The number of piperidine rings is 1. The van der Waals surface area contributed by atoms with Crippen molar-refractivity contribution in [1.82, 2.24) is 9.88 Å². The largest absolute Gasteiger partial charge is 0.397 e. The lowest BCUT2D eigenvalue weighted by Crippen LogP contribution is -2.44. The molecule has 0 aliphatic carbocycles. The zero-order valence-corrected chi connectivity index (χ0v) is 12.6. The molecule has 0 saturated carbocycles. The van der Waals surface area contributed by atoms with Gasteiger partial charge in [0.05, 0.1) is 10.4 Å². The van der Waals surface area contributed by atoms with Crippen molar-refractivity contribution in [2.24, 2.45) is 5.92 Å². The predicted molar refractivity (Wildman–Crippen MR) is 82.9 cm³/mol. The summed E-state index contributed by atoms with van der Waals surface area (Å²) in [6.07, 6.45) is 5.75. The van der Waals surface area contributed by atoms with Gasteiger partial charge in [0.25, 0.3) is 5.91 Å². The summed E-state index contributed by atoms with van der Waals surface area (Å²) in [7, 11) is 0. The number of pyridine rings is 1. The number of hydrogen-bond acceptors (Lipinski definition) is 4. The van der Waals surface area contributed by atoms with Crippen molar-refractivity contribution >= 4 is 33.0 Å². The average Bonchev–Trinajstić information content (AvgIpc) is 2.79. The number of carbonyl (C=O) groups excluding carboxylic acids is 1. The van der Waals surface area contributed by atoms with Crippen LogP contribution in [-0.4, -0.2) is 28.4 Å². The summed E-state index contributed by atoms with van der Waals surface area (Å²) in [5.41, 5.74) is 6.76. The van der Waals surface area contributed by atoms with Gasteiger partial charge in [-0.3, -0.25) is 9.78 Å². The lowest BCUT2D eigenvalue weighted by Gasteiger charge is -2.36. The molecule has 2 N–H and O–H groups in total.